The van der Waals surface area contributed by atoms with Crippen LogP contribution in [0.5, 0.6) is 11.5 Å². The van der Waals surface area contributed by atoms with E-state index in [-0.39, 0.29) is 0 Å². The lowest BCUT2D eigenvalue weighted by atomic mass is 10.1. The summed E-state index contributed by atoms with van der Waals surface area (Å²) < 4.78 is 11.7. The molecule has 3 aromatic rings. The number of hydrazone groups is 1. The zero-order valence-corrected chi connectivity index (χ0v) is 24.3. The molecule has 1 aromatic heterocycles. The van der Waals surface area contributed by atoms with Gasteiger partial charge in [0.25, 0.3) is 0 Å². The predicted molar refractivity (Wildman–Crippen MR) is 166 cm³/mol. The Balaban J connectivity index is 1.06. The average molecular weight is 558 g/mol. The van der Waals surface area contributed by atoms with Crippen molar-refractivity contribution in [1.82, 2.24) is 15.0 Å². The second kappa shape index (κ2) is 15.2. The molecule has 9 heteroatoms. The molecular weight excluding hydrogens is 514 g/mol. The Hall–Kier alpha value is -3.88. The molecule has 218 valence electrons. The van der Waals surface area contributed by atoms with Crippen LogP contribution in [0, 0.1) is 0 Å². The smallest absolute Gasteiger partial charge is 0.250 e. The van der Waals surface area contributed by atoms with Gasteiger partial charge in [0.2, 0.25) is 17.8 Å². The van der Waals surface area contributed by atoms with Crippen molar-refractivity contribution in [3.05, 3.63) is 59.7 Å². The third kappa shape index (κ3) is 8.80. The molecule has 0 radical (unpaired) electrons. The molecule has 2 fully saturated rings. The van der Waals surface area contributed by atoms with E-state index in [1.54, 1.807) is 6.21 Å². The van der Waals surface area contributed by atoms with E-state index < -0.39 is 0 Å². The first-order chi connectivity index (χ1) is 20.3. The maximum absolute atomic E-state index is 5.86. The summed E-state index contributed by atoms with van der Waals surface area (Å²) in [5, 5.41) is 4.39. The van der Waals surface area contributed by atoms with Gasteiger partial charge in [0.05, 0.1) is 6.21 Å². The molecule has 0 saturated carbocycles. The number of nitrogens with zero attached hydrogens (tertiary/aromatic N) is 6. The number of benzene rings is 2. The number of unbranched alkanes of at least 4 members (excludes halogenated alkanes) is 3. The zero-order valence-electron chi connectivity index (χ0n) is 24.3. The fourth-order valence-electron chi connectivity index (χ4n) is 5.16. The quantitative estimate of drug-likeness (QED) is 0.136. The van der Waals surface area contributed by atoms with Crippen LogP contribution >= 0.6 is 0 Å². The van der Waals surface area contributed by atoms with Crippen molar-refractivity contribution in [1.29, 1.82) is 0 Å². The van der Waals surface area contributed by atoms with Crippen LogP contribution < -0.4 is 24.7 Å². The van der Waals surface area contributed by atoms with Gasteiger partial charge >= 0.3 is 0 Å². The molecule has 0 aliphatic carbocycles. The predicted octanol–water partition coefficient (Wildman–Crippen LogP) is 6.10. The van der Waals surface area contributed by atoms with E-state index in [1.807, 2.05) is 24.3 Å². The molecule has 3 heterocycles. The van der Waals surface area contributed by atoms with E-state index in [2.05, 4.69) is 61.5 Å². The topological polar surface area (TPSA) is 88.0 Å². The first kappa shape index (κ1) is 28.6. The highest BCUT2D eigenvalue weighted by Crippen LogP contribution is 2.23. The molecule has 0 bridgehead atoms. The first-order valence-corrected chi connectivity index (χ1v) is 15.3. The Labute approximate surface area is 244 Å². The Morgan fingerprint density at radius 3 is 1.85 bits per heavy atom. The number of rotatable bonds is 15. The molecule has 0 spiro atoms. The van der Waals surface area contributed by atoms with E-state index in [0.29, 0.717) is 19.2 Å². The van der Waals surface area contributed by atoms with Gasteiger partial charge in [0.15, 0.2) is 0 Å². The van der Waals surface area contributed by atoms with Gasteiger partial charge in [-0.3, -0.25) is 0 Å². The maximum atomic E-state index is 5.86. The Bertz CT molecular complexity index is 1190. The van der Waals surface area contributed by atoms with E-state index in [0.717, 1.165) is 61.6 Å². The summed E-state index contributed by atoms with van der Waals surface area (Å²) >= 11 is 0. The molecule has 2 aliphatic rings. The van der Waals surface area contributed by atoms with Crippen molar-refractivity contribution in [2.24, 2.45) is 5.10 Å². The van der Waals surface area contributed by atoms with Gasteiger partial charge in [-0.05, 0) is 86.1 Å². The molecule has 0 amide bonds. The highest BCUT2D eigenvalue weighted by molar-refractivity contribution is 5.80. The molecule has 2 saturated heterocycles. The first-order valence-electron chi connectivity index (χ1n) is 15.3. The number of hydrogen-bond donors (Lipinski definition) is 1. The summed E-state index contributed by atoms with van der Waals surface area (Å²) in [5.41, 5.74) is 5.34. The van der Waals surface area contributed by atoms with Crippen LogP contribution in [0.1, 0.15) is 69.4 Å². The van der Waals surface area contributed by atoms with Gasteiger partial charge in [-0.2, -0.15) is 20.1 Å². The summed E-state index contributed by atoms with van der Waals surface area (Å²) in [7, 11) is 0. The summed E-state index contributed by atoms with van der Waals surface area (Å²) in [5.74, 6) is 3.61. The van der Waals surface area contributed by atoms with E-state index in [1.165, 1.54) is 56.9 Å². The number of anilines is 3. The monoisotopic (exact) mass is 557 g/mol. The van der Waals surface area contributed by atoms with Crippen molar-refractivity contribution in [3.8, 4) is 11.5 Å². The van der Waals surface area contributed by atoms with E-state index in [9.17, 15) is 0 Å². The normalized spacial score (nSPS) is 15.1. The van der Waals surface area contributed by atoms with E-state index in [4.69, 9.17) is 14.5 Å². The number of aromatic nitrogens is 3. The minimum Gasteiger partial charge on any atom is -0.490 e. The minimum atomic E-state index is 0.474. The number of aryl methyl sites for hydroxylation is 1. The standard InChI is InChI=1S/C32H43N7O2/c1-2-3-4-5-10-26-11-15-28(16-12-26)40-23-24-41-29-17-13-27(14-18-29)25-33-37-30-34-31(38-19-6-7-20-38)36-32(35-30)39-21-8-9-22-39/h11-18,25H,2-10,19-24H2,1H3,(H,34,35,36,37)/b33-25+. The lowest BCUT2D eigenvalue weighted by Gasteiger charge is -2.20. The van der Waals surface area contributed by atoms with Gasteiger partial charge in [-0.1, -0.05) is 38.3 Å². The molecule has 0 unspecified atom stereocenters. The summed E-state index contributed by atoms with van der Waals surface area (Å²) in [6, 6.07) is 16.2. The molecule has 2 aliphatic heterocycles. The van der Waals surface area contributed by atoms with Gasteiger partial charge in [0, 0.05) is 26.2 Å². The van der Waals surface area contributed by atoms with E-state index >= 15 is 0 Å². The van der Waals surface area contributed by atoms with Gasteiger partial charge in [0.1, 0.15) is 24.7 Å². The maximum Gasteiger partial charge on any atom is 0.250 e. The van der Waals surface area contributed by atoms with Gasteiger partial charge < -0.3 is 19.3 Å². The van der Waals surface area contributed by atoms with Crippen LogP contribution in [0.3, 0.4) is 0 Å². The molecule has 2 aromatic carbocycles. The van der Waals surface area contributed by atoms with Crippen LogP contribution in [0.25, 0.3) is 0 Å². The van der Waals surface area contributed by atoms with Crippen molar-refractivity contribution in [2.45, 2.75) is 64.7 Å². The summed E-state index contributed by atoms with van der Waals surface area (Å²) in [6.45, 7) is 7.16. The number of hydrogen-bond acceptors (Lipinski definition) is 9. The highest BCUT2D eigenvalue weighted by atomic mass is 16.5. The number of ether oxygens (including phenoxy) is 2. The van der Waals surface area contributed by atoms with Gasteiger partial charge in [-0.15, -0.1) is 0 Å². The largest absolute Gasteiger partial charge is 0.490 e. The lowest BCUT2D eigenvalue weighted by molar-refractivity contribution is 0.217. The van der Waals surface area contributed by atoms with Crippen molar-refractivity contribution in [3.63, 3.8) is 0 Å². The minimum absolute atomic E-state index is 0.474. The molecular formula is C32H43N7O2. The second-order valence-corrected chi connectivity index (χ2v) is 10.7. The third-order valence-corrected chi connectivity index (χ3v) is 7.51. The molecule has 41 heavy (non-hydrogen) atoms. The second-order valence-electron chi connectivity index (χ2n) is 10.7. The number of nitrogens with one attached hydrogen (secondary N) is 1. The van der Waals surface area contributed by atoms with Crippen LogP contribution in [0.2, 0.25) is 0 Å². The fourth-order valence-corrected chi connectivity index (χ4v) is 5.16. The summed E-state index contributed by atoms with van der Waals surface area (Å²) in [6.07, 6.45) is 12.7. The highest BCUT2D eigenvalue weighted by Gasteiger charge is 2.21. The van der Waals surface area contributed by atoms with Crippen molar-refractivity contribution in [2.75, 3.05) is 54.6 Å². The fraction of sp³-hybridized carbons (Fsp3) is 0.500. The third-order valence-electron chi connectivity index (χ3n) is 7.51. The van der Waals surface area contributed by atoms with Crippen LogP contribution in [0.15, 0.2) is 53.6 Å². The molecule has 9 nitrogen and oxygen atoms in total. The zero-order chi connectivity index (χ0) is 28.1. The average Bonchev–Trinajstić information content (AvgIpc) is 3.75. The van der Waals surface area contributed by atoms with Crippen LogP contribution in [-0.4, -0.2) is 60.6 Å². The Morgan fingerprint density at radius 1 is 0.732 bits per heavy atom. The SMILES string of the molecule is CCCCCCc1ccc(OCCOc2ccc(/C=N/Nc3nc(N4CCCC4)nc(N4CCCC4)n3)cc2)cc1. The van der Waals surface area contributed by atoms with Crippen LogP contribution in [0.4, 0.5) is 17.8 Å². The Kier molecular flexibility index (Phi) is 10.6. The lowest BCUT2D eigenvalue weighted by Crippen LogP contribution is -2.25. The summed E-state index contributed by atoms with van der Waals surface area (Å²) in [4.78, 5) is 18.5. The van der Waals surface area contributed by atoms with Crippen molar-refractivity contribution < 1.29 is 9.47 Å². The molecule has 1 N–H and O–H groups in total. The van der Waals surface area contributed by atoms with Gasteiger partial charge in [-0.25, -0.2) is 5.43 Å². The Morgan fingerprint density at radius 2 is 1.29 bits per heavy atom. The van der Waals surface area contributed by atoms with Crippen molar-refractivity contribution >= 4 is 24.1 Å². The molecule has 5 rings (SSSR count). The van der Waals surface area contributed by atoms with Crippen LogP contribution in [-0.2, 0) is 6.42 Å². The molecule has 0 atom stereocenters.